The van der Waals surface area contributed by atoms with E-state index in [-0.39, 0.29) is 11.6 Å². The fourth-order valence-electron chi connectivity index (χ4n) is 3.37. The molecule has 1 aromatic heterocycles. The number of hydrogen-bond acceptors (Lipinski definition) is 6. The molecule has 3 rings (SSSR count). The summed E-state index contributed by atoms with van der Waals surface area (Å²) in [5.74, 6) is 0.319. The number of aromatic nitrogens is 2. The average Bonchev–Trinajstić information content (AvgIpc) is 2.69. The maximum Gasteiger partial charge on any atom is 0.332 e. The van der Waals surface area contributed by atoms with Gasteiger partial charge in [0.25, 0.3) is 5.56 Å². The van der Waals surface area contributed by atoms with Crippen LogP contribution in [0.2, 0.25) is 0 Å². The highest BCUT2D eigenvalue weighted by Gasteiger charge is 2.29. The molecule has 3 heterocycles. The van der Waals surface area contributed by atoms with Gasteiger partial charge in [-0.15, -0.1) is 0 Å². The molecule has 2 saturated heterocycles. The molecule has 10 nitrogen and oxygen atoms in total. The molecule has 0 spiro atoms. The summed E-state index contributed by atoms with van der Waals surface area (Å²) < 4.78 is 7.52. The lowest BCUT2D eigenvalue weighted by Gasteiger charge is -2.39. The molecule has 0 atom stereocenters. The first-order valence-electron chi connectivity index (χ1n) is 8.52. The molecule has 26 heavy (non-hydrogen) atoms. The normalized spacial score (nSPS) is 18.0. The van der Waals surface area contributed by atoms with Crippen LogP contribution in [0.1, 0.15) is 5.56 Å². The van der Waals surface area contributed by atoms with Gasteiger partial charge in [0.2, 0.25) is 0 Å². The number of nitriles is 1. The van der Waals surface area contributed by atoms with E-state index < -0.39 is 11.2 Å². The van der Waals surface area contributed by atoms with Crippen molar-refractivity contribution in [1.82, 2.24) is 18.9 Å². The fraction of sp³-hybridized carbons (Fsp3) is 0.625. The zero-order valence-electron chi connectivity index (χ0n) is 15.0. The Labute approximate surface area is 150 Å². The number of amides is 2. The molecular formula is C16H22N6O4. The molecule has 0 radical (unpaired) electrons. The molecule has 2 aliphatic heterocycles. The Morgan fingerprint density at radius 3 is 2.12 bits per heavy atom. The van der Waals surface area contributed by atoms with Crippen LogP contribution < -0.4 is 16.1 Å². The molecule has 0 aliphatic carbocycles. The smallest absolute Gasteiger partial charge is 0.332 e. The van der Waals surface area contributed by atoms with Gasteiger partial charge in [0.05, 0.1) is 13.2 Å². The molecule has 2 amide bonds. The van der Waals surface area contributed by atoms with Crippen LogP contribution in [0, 0.1) is 11.3 Å². The highest BCUT2D eigenvalue weighted by atomic mass is 16.5. The van der Waals surface area contributed by atoms with Crippen LogP contribution in [0.5, 0.6) is 0 Å². The van der Waals surface area contributed by atoms with E-state index in [1.807, 2.05) is 11.0 Å². The third-order valence-electron chi connectivity index (χ3n) is 4.88. The summed E-state index contributed by atoms with van der Waals surface area (Å²) >= 11 is 0. The maximum absolute atomic E-state index is 12.6. The van der Waals surface area contributed by atoms with E-state index in [4.69, 9.17) is 4.74 Å². The number of urea groups is 1. The molecule has 0 aromatic carbocycles. The molecule has 140 valence electrons. The predicted octanol–water partition coefficient (Wildman–Crippen LogP) is -1.47. The molecule has 2 fully saturated rings. The van der Waals surface area contributed by atoms with Crippen molar-refractivity contribution in [3.63, 3.8) is 0 Å². The first-order valence-corrected chi connectivity index (χ1v) is 8.52. The standard InChI is InChI=1S/C16H22N6O4/c1-18-13(12(11-17)14(23)19(2)15(18)24)20-3-5-21(6-4-20)16(25)22-7-9-26-10-8-22/h3-10H2,1-2H3. The van der Waals surface area contributed by atoms with Crippen LogP contribution in [-0.2, 0) is 18.8 Å². The topological polar surface area (TPSA) is 104 Å². The van der Waals surface area contributed by atoms with Gasteiger partial charge in [0.1, 0.15) is 11.9 Å². The van der Waals surface area contributed by atoms with E-state index in [1.54, 1.807) is 16.8 Å². The monoisotopic (exact) mass is 362 g/mol. The second-order valence-corrected chi connectivity index (χ2v) is 6.37. The first-order chi connectivity index (χ1) is 12.5. The number of hydrogen-bond donors (Lipinski definition) is 0. The maximum atomic E-state index is 12.6. The molecule has 0 unspecified atom stereocenters. The highest BCUT2D eigenvalue weighted by Crippen LogP contribution is 2.17. The Morgan fingerprint density at radius 1 is 0.962 bits per heavy atom. The summed E-state index contributed by atoms with van der Waals surface area (Å²) in [7, 11) is 2.90. The van der Waals surface area contributed by atoms with Crippen molar-refractivity contribution in [3.05, 3.63) is 26.4 Å². The Bertz CT molecular complexity index is 853. The van der Waals surface area contributed by atoms with Crippen LogP contribution in [0.15, 0.2) is 9.59 Å². The van der Waals surface area contributed by atoms with E-state index in [0.29, 0.717) is 58.3 Å². The van der Waals surface area contributed by atoms with Crippen molar-refractivity contribution in [2.75, 3.05) is 57.4 Å². The molecular weight excluding hydrogens is 340 g/mol. The van der Waals surface area contributed by atoms with Gasteiger partial charge in [-0.2, -0.15) is 5.26 Å². The van der Waals surface area contributed by atoms with E-state index in [2.05, 4.69) is 0 Å². The van der Waals surface area contributed by atoms with E-state index in [1.165, 1.54) is 11.6 Å². The number of piperazine rings is 1. The van der Waals surface area contributed by atoms with Crippen molar-refractivity contribution in [2.45, 2.75) is 0 Å². The molecule has 2 aliphatic rings. The van der Waals surface area contributed by atoms with Gasteiger partial charge in [-0.3, -0.25) is 13.9 Å². The van der Waals surface area contributed by atoms with Crippen LogP contribution in [0.25, 0.3) is 0 Å². The first kappa shape index (κ1) is 18.0. The number of nitrogens with zero attached hydrogens (tertiary/aromatic N) is 6. The zero-order chi connectivity index (χ0) is 18.8. The van der Waals surface area contributed by atoms with Gasteiger partial charge >= 0.3 is 11.7 Å². The van der Waals surface area contributed by atoms with Crippen molar-refractivity contribution in [1.29, 1.82) is 5.26 Å². The summed E-state index contributed by atoms with van der Waals surface area (Å²) in [6, 6.07) is 1.90. The van der Waals surface area contributed by atoms with Crippen LogP contribution >= 0.6 is 0 Å². The number of ether oxygens (including phenoxy) is 1. The second kappa shape index (κ2) is 7.21. The molecule has 0 N–H and O–H groups in total. The molecule has 10 heteroatoms. The molecule has 0 saturated carbocycles. The Balaban J connectivity index is 1.79. The van der Waals surface area contributed by atoms with Crippen molar-refractivity contribution in [2.24, 2.45) is 14.1 Å². The largest absolute Gasteiger partial charge is 0.378 e. The molecule has 1 aromatic rings. The van der Waals surface area contributed by atoms with Gasteiger partial charge in [0.15, 0.2) is 5.56 Å². The van der Waals surface area contributed by atoms with Crippen LogP contribution in [-0.4, -0.2) is 77.4 Å². The average molecular weight is 362 g/mol. The quantitative estimate of drug-likeness (QED) is 0.604. The number of anilines is 1. The van der Waals surface area contributed by atoms with E-state index >= 15 is 0 Å². The van der Waals surface area contributed by atoms with Gasteiger partial charge in [-0.25, -0.2) is 9.59 Å². The van der Waals surface area contributed by atoms with Crippen LogP contribution in [0.4, 0.5) is 10.6 Å². The number of carbonyl (C=O) groups is 1. The SMILES string of the molecule is Cn1c(N2CCN(C(=O)N3CCOCC3)CC2)c(C#N)c(=O)n(C)c1=O. The predicted molar refractivity (Wildman–Crippen MR) is 93.2 cm³/mol. The van der Waals surface area contributed by atoms with E-state index in [0.717, 1.165) is 4.57 Å². The lowest BCUT2D eigenvalue weighted by atomic mass is 10.2. The Kier molecular flexibility index (Phi) is 4.99. The zero-order valence-corrected chi connectivity index (χ0v) is 15.0. The lowest BCUT2D eigenvalue weighted by Crippen LogP contribution is -2.56. The highest BCUT2D eigenvalue weighted by molar-refractivity contribution is 5.75. The summed E-state index contributed by atoms with van der Waals surface area (Å²) in [5, 5.41) is 9.39. The Morgan fingerprint density at radius 2 is 1.54 bits per heavy atom. The van der Waals surface area contributed by atoms with Gasteiger partial charge in [-0.1, -0.05) is 0 Å². The molecule has 0 bridgehead atoms. The summed E-state index contributed by atoms with van der Waals surface area (Å²) in [6.07, 6.45) is 0. The summed E-state index contributed by atoms with van der Waals surface area (Å²) in [6.45, 7) is 4.09. The van der Waals surface area contributed by atoms with Gasteiger partial charge in [0, 0.05) is 53.4 Å². The van der Waals surface area contributed by atoms with Crippen molar-refractivity contribution < 1.29 is 9.53 Å². The van der Waals surface area contributed by atoms with Gasteiger partial charge in [-0.05, 0) is 0 Å². The lowest BCUT2D eigenvalue weighted by molar-refractivity contribution is 0.0428. The minimum Gasteiger partial charge on any atom is -0.378 e. The van der Waals surface area contributed by atoms with Crippen molar-refractivity contribution >= 4 is 11.8 Å². The fourth-order valence-corrected chi connectivity index (χ4v) is 3.37. The van der Waals surface area contributed by atoms with Crippen LogP contribution in [0.3, 0.4) is 0 Å². The second-order valence-electron chi connectivity index (χ2n) is 6.37. The summed E-state index contributed by atoms with van der Waals surface area (Å²) in [5.41, 5.74) is -1.13. The number of carbonyl (C=O) groups excluding carboxylic acids is 1. The van der Waals surface area contributed by atoms with Crippen molar-refractivity contribution in [3.8, 4) is 6.07 Å². The third kappa shape index (κ3) is 3.06. The van der Waals surface area contributed by atoms with Gasteiger partial charge < -0.3 is 19.4 Å². The number of rotatable bonds is 1. The minimum absolute atomic E-state index is 0.0219. The third-order valence-corrected chi connectivity index (χ3v) is 4.88. The van der Waals surface area contributed by atoms with E-state index in [9.17, 15) is 19.6 Å². The minimum atomic E-state index is -0.600. The summed E-state index contributed by atoms with van der Waals surface area (Å²) in [4.78, 5) is 42.3. The Hall–Kier alpha value is -2.80. The number of morpholine rings is 1.